The van der Waals surface area contributed by atoms with E-state index in [0.717, 1.165) is 22.4 Å². The van der Waals surface area contributed by atoms with Gasteiger partial charge in [0.1, 0.15) is 5.82 Å². The minimum atomic E-state index is -0.384. The minimum Gasteiger partial charge on any atom is -0.326 e. The van der Waals surface area contributed by atoms with E-state index in [0.29, 0.717) is 23.0 Å². The van der Waals surface area contributed by atoms with Gasteiger partial charge in [0.05, 0.1) is 30.2 Å². The van der Waals surface area contributed by atoms with E-state index in [1.165, 1.54) is 16.8 Å². The summed E-state index contributed by atoms with van der Waals surface area (Å²) in [5.41, 5.74) is 4.78. The van der Waals surface area contributed by atoms with Crippen LogP contribution in [0.4, 0.5) is 10.1 Å². The lowest BCUT2D eigenvalue weighted by molar-refractivity contribution is -0.115. The third-order valence-corrected chi connectivity index (χ3v) is 5.20. The van der Waals surface area contributed by atoms with E-state index in [1.54, 1.807) is 12.1 Å². The Balaban J connectivity index is 1.50. The van der Waals surface area contributed by atoms with Crippen molar-refractivity contribution in [1.29, 1.82) is 0 Å². The van der Waals surface area contributed by atoms with Crippen LogP contribution < -0.4 is 10.9 Å². The molecule has 29 heavy (non-hydrogen) atoms. The molecule has 1 aromatic heterocycles. The standard InChI is InChI=1S/C23H16FN3O2/c24-18-10-15(14-7-8-19-17(9-14)11-22(28)26-19)5-6-16(18)13-27-21-4-2-1-3-20(21)25-12-23(27)29/h1-10,12H,11,13H2,(H,26,28). The minimum absolute atomic E-state index is 0.0336. The number of fused-ring (bicyclic) bond motifs is 2. The fourth-order valence-corrected chi connectivity index (χ4v) is 3.71. The Morgan fingerprint density at radius 2 is 1.79 bits per heavy atom. The molecule has 0 aliphatic carbocycles. The zero-order valence-electron chi connectivity index (χ0n) is 15.4. The number of carbonyl (C=O) groups excluding carboxylic acids is 1. The summed E-state index contributed by atoms with van der Waals surface area (Å²) in [4.78, 5) is 28.0. The maximum atomic E-state index is 14.9. The quantitative estimate of drug-likeness (QED) is 0.584. The highest BCUT2D eigenvalue weighted by Crippen LogP contribution is 2.30. The van der Waals surface area contributed by atoms with Crippen molar-refractivity contribution in [1.82, 2.24) is 9.55 Å². The number of para-hydroxylation sites is 2. The third-order valence-electron chi connectivity index (χ3n) is 5.20. The molecule has 2 heterocycles. The van der Waals surface area contributed by atoms with Gasteiger partial charge < -0.3 is 9.88 Å². The van der Waals surface area contributed by atoms with E-state index in [-0.39, 0.29) is 23.8 Å². The van der Waals surface area contributed by atoms with Gasteiger partial charge in [0.25, 0.3) is 5.56 Å². The molecular formula is C23H16FN3O2. The van der Waals surface area contributed by atoms with Crippen molar-refractivity contribution in [3.05, 3.63) is 94.2 Å². The number of hydrogen-bond donors (Lipinski definition) is 1. The summed E-state index contributed by atoms with van der Waals surface area (Å²) < 4.78 is 16.4. The van der Waals surface area contributed by atoms with Gasteiger partial charge in [-0.1, -0.05) is 30.3 Å². The molecule has 0 unspecified atom stereocenters. The number of nitrogens with zero attached hydrogens (tertiary/aromatic N) is 2. The zero-order chi connectivity index (χ0) is 20.0. The second-order valence-electron chi connectivity index (χ2n) is 7.07. The molecule has 3 aromatic carbocycles. The number of benzene rings is 3. The van der Waals surface area contributed by atoms with Crippen LogP contribution in [-0.4, -0.2) is 15.5 Å². The van der Waals surface area contributed by atoms with Crippen molar-refractivity contribution in [2.45, 2.75) is 13.0 Å². The average molecular weight is 385 g/mol. The summed E-state index contributed by atoms with van der Waals surface area (Å²) in [6, 6.07) is 17.9. The Bertz CT molecular complexity index is 1340. The first kappa shape index (κ1) is 17.3. The number of amides is 1. The predicted octanol–water partition coefficient (Wildman–Crippen LogP) is 3.75. The van der Waals surface area contributed by atoms with Crippen LogP contribution in [0.2, 0.25) is 0 Å². The number of carbonyl (C=O) groups is 1. The van der Waals surface area contributed by atoms with Crippen LogP contribution in [0.1, 0.15) is 11.1 Å². The lowest BCUT2D eigenvalue weighted by atomic mass is 10.00. The fourth-order valence-electron chi connectivity index (χ4n) is 3.71. The van der Waals surface area contributed by atoms with E-state index in [4.69, 9.17) is 0 Å². The molecule has 142 valence electrons. The first-order valence-electron chi connectivity index (χ1n) is 9.25. The van der Waals surface area contributed by atoms with Gasteiger partial charge in [-0.05, 0) is 47.0 Å². The van der Waals surface area contributed by atoms with Crippen LogP contribution >= 0.6 is 0 Å². The second kappa shape index (κ2) is 6.67. The predicted molar refractivity (Wildman–Crippen MR) is 109 cm³/mol. The van der Waals surface area contributed by atoms with Crippen LogP contribution in [0.3, 0.4) is 0 Å². The van der Waals surface area contributed by atoms with E-state index in [2.05, 4.69) is 10.3 Å². The summed E-state index contributed by atoms with van der Waals surface area (Å²) in [5, 5.41) is 2.79. The monoisotopic (exact) mass is 385 g/mol. The van der Waals surface area contributed by atoms with Crippen LogP contribution in [0, 0.1) is 5.82 Å². The molecule has 0 saturated carbocycles. The van der Waals surface area contributed by atoms with Gasteiger partial charge >= 0.3 is 0 Å². The van der Waals surface area contributed by atoms with Crippen molar-refractivity contribution in [3.63, 3.8) is 0 Å². The summed E-state index contributed by atoms with van der Waals surface area (Å²) in [6.45, 7) is 0.122. The van der Waals surface area contributed by atoms with E-state index in [9.17, 15) is 14.0 Å². The van der Waals surface area contributed by atoms with Gasteiger partial charge in [0, 0.05) is 11.3 Å². The first-order chi connectivity index (χ1) is 14.1. The van der Waals surface area contributed by atoms with Crippen LogP contribution in [0.5, 0.6) is 0 Å². The number of aromatic nitrogens is 2. The smallest absolute Gasteiger partial charge is 0.269 e. The van der Waals surface area contributed by atoms with Gasteiger partial charge in [-0.2, -0.15) is 0 Å². The zero-order valence-corrected chi connectivity index (χ0v) is 15.4. The molecule has 4 aromatic rings. The molecule has 1 aliphatic heterocycles. The average Bonchev–Trinajstić information content (AvgIpc) is 3.10. The molecule has 1 aliphatic rings. The normalized spacial score (nSPS) is 12.8. The molecule has 5 rings (SSSR count). The Morgan fingerprint density at radius 1 is 1.00 bits per heavy atom. The number of anilines is 1. The van der Waals surface area contributed by atoms with Crippen molar-refractivity contribution >= 4 is 22.6 Å². The molecule has 0 spiro atoms. The summed E-state index contributed by atoms with van der Waals surface area (Å²) in [5.74, 6) is -0.418. The number of hydrogen-bond acceptors (Lipinski definition) is 3. The molecule has 0 saturated heterocycles. The van der Waals surface area contributed by atoms with Gasteiger partial charge in [-0.15, -0.1) is 0 Å². The Labute approximate surface area is 165 Å². The van der Waals surface area contributed by atoms with Crippen molar-refractivity contribution in [2.75, 3.05) is 5.32 Å². The highest BCUT2D eigenvalue weighted by molar-refractivity contribution is 5.99. The van der Waals surface area contributed by atoms with E-state index in [1.807, 2.05) is 42.5 Å². The van der Waals surface area contributed by atoms with Gasteiger partial charge in [-0.3, -0.25) is 9.59 Å². The largest absolute Gasteiger partial charge is 0.326 e. The lowest BCUT2D eigenvalue weighted by Gasteiger charge is -2.12. The van der Waals surface area contributed by atoms with Crippen molar-refractivity contribution < 1.29 is 9.18 Å². The number of halogens is 1. The molecule has 0 atom stereocenters. The first-order valence-corrected chi connectivity index (χ1v) is 9.25. The van der Waals surface area contributed by atoms with Crippen LogP contribution in [-0.2, 0) is 17.8 Å². The van der Waals surface area contributed by atoms with Gasteiger partial charge in [0.15, 0.2) is 0 Å². The van der Waals surface area contributed by atoms with E-state index < -0.39 is 0 Å². The highest BCUT2D eigenvalue weighted by atomic mass is 19.1. The Morgan fingerprint density at radius 3 is 2.66 bits per heavy atom. The summed E-state index contributed by atoms with van der Waals surface area (Å²) in [7, 11) is 0. The highest BCUT2D eigenvalue weighted by Gasteiger charge is 2.18. The molecule has 1 amide bonds. The lowest BCUT2D eigenvalue weighted by Crippen LogP contribution is -2.21. The molecular weight excluding hydrogens is 369 g/mol. The topological polar surface area (TPSA) is 64.0 Å². The molecule has 6 heteroatoms. The second-order valence-corrected chi connectivity index (χ2v) is 7.07. The van der Waals surface area contributed by atoms with Crippen LogP contribution in [0.25, 0.3) is 22.2 Å². The summed E-state index contributed by atoms with van der Waals surface area (Å²) in [6.07, 6.45) is 1.59. The number of rotatable bonds is 3. The maximum Gasteiger partial charge on any atom is 0.269 e. The SMILES string of the molecule is O=C1Cc2cc(-c3ccc(Cn4c(=O)cnc5ccccc54)c(F)c3)ccc2N1. The Kier molecular flexibility index (Phi) is 3.98. The molecule has 5 nitrogen and oxygen atoms in total. The molecule has 1 N–H and O–H groups in total. The molecule has 0 bridgehead atoms. The third kappa shape index (κ3) is 3.08. The maximum absolute atomic E-state index is 14.9. The van der Waals surface area contributed by atoms with Crippen molar-refractivity contribution in [2.24, 2.45) is 0 Å². The summed E-state index contributed by atoms with van der Waals surface area (Å²) >= 11 is 0. The van der Waals surface area contributed by atoms with Gasteiger partial charge in [-0.25, -0.2) is 9.37 Å². The molecule has 0 fully saturated rings. The number of nitrogens with one attached hydrogen (secondary N) is 1. The van der Waals surface area contributed by atoms with Crippen molar-refractivity contribution in [3.8, 4) is 11.1 Å². The fraction of sp³-hybridized carbons (Fsp3) is 0.0870. The molecule has 0 radical (unpaired) electrons. The van der Waals surface area contributed by atoms with Gasteiger partial charge in [0.2, 0.25) is 5.91 Å². The van der Waals surface area contributed by atoms with Crippen LogP contribution in [0.15, 0.2) is 71.7 Å². The van der Waals surface area contributed by atoms with E-state index >= 15 is 0 Å². The Hall–Kier alpha value is -3.80.